The van der Waals surface area contributed by atoms with Gasteiger partial charge in [-0.2, -0.15) is 0 Å². The third-order valence-electron chi connectivity index (χ3n) is 4.37. The van der Waals surface area contributed by atoms with Crippen LogP contribution >= 0.6 is 22.7 Å². The van der Waals surface area contributed by atoms with Crippen LogP contribution in [0.3, 0.4) is 0 Å². The van der Waals surface area contributed by atoms with E-state index in [2.05, 4.69) is 29.4 Å². The molecule has 2 aromatic heterocycles. The van der Waals surface area contributed by atoms with Crippen molar-refractivity contribution >= 4 is 43.2 Å². The van der Waals surface area contributed by atoms with Gasteiger partial charge in [-0.3, -0.25) is 4.79 Å². The van der Waals surface area contributed by atoms with Crippen molar-refractivity contribution in [2.75, 3.05) is 24.5 Å². The second kappa shape index (κ2) is 5.47. The highest BCUT2D eigenvalue weighted by Gasteiger charge is 2.34. The van der Waals surface area contributed by atoms with Crippen LogP contribution in [-0.4, -0.2) is 42.6 Å². The monoisotopic (exact) mass is 336 g/mol. The van der Waals surface area contributed by atoms with Crippen molar-refractivity contribution in [3.8, 4) is 0 Å². The van der Waals surface area contributed by atoms with E-state index < -0.39 is 0 Å². The second-order valence-electron chi connectivity index (χ2n) is 6.37. The lowest BCUT2D eigenvalue weighted by atomic mass is 10.2. The molecule has 118 valence electrons. The van der Waals surface area contributed by atoms with Crippen molar-refractivity contribution < 1.29 is 4.79 Å². The first-order valence-corrected chi connectivity index (χ1v) is 9.43. The molecule has 1 amide bonds. The number of anilines is 1. The largest absolute Gasteiger partial charge is 0.348 e. The number of amides is 1. The summed E-state index contributed by atoms with van der Waals surface area (Å²) < 4.78 is 1.13. The SMILES string of the molecule is C[C@@H]1CN(c2nc3sc(C(=O)N[C@H]4C[C@@H]4C)cc3s2)CCN1. The lowest BCUT2D eigenvalue weighted by molar-refractivity contribution is 0.0953. The number of thiazole rings is 1. The molecule has 1 saturated heterocycles. The first kappa shape index (κ1) is 14.4. The maximum absolute atomic E-state index is 12.2. The van der Waals surface area contributed by atoms with E-state index in [4.69, 9.17) is 4.98 Å². The number of hydrogen-bond acceptors (Lipinski definition) is 6. The van der Waals surface area contributed by atoms with Crippen molar-refractivity contribution in [3.63, 3.8) is 0 Å². The first-order valence-electron chi connectivity index (χ1n) is 7.79. The van der Waals surface area contributed by atoms with Crippen LogP contribution in [0.4, 0.5) is 5.13 Å². The summed E-state index contributed by atoms with van der Waals surface area (Å²) in [4.78, 5) is 21.0. The summed E-state index contributed by atoms with van der Waals surface area (Å²) in [5, 5.41) is 7.61. The highest BCUT2D eigenvalue weighted by atomic mass is 32.1. The third kappa shape index (κ3) is 2.73. The smallest absolute Gasteiger partial charge is 0.261 e. The molecule has 2 fully saturated rings. The number of piperazine rings is 1. The van der Waals surface area contributed by atoms with Crippen LogP contribution in [0.1, 0.15) is 29.9 Å². The Bertz CT molecular complexity index is 678. The Morgan fingerprint density at radius 3 is 2.95 bits per heavy atom. The number of fused-ring (bicyclic) bond motifs is 1. The van der Waals surface area contributed by atoms with Crippen LogP contribution in [0, 0.1) is 5.92 Å². The van der Waals surface area contributed by atoms with Gasteiger partial charge in [0.05, 0.1) is 9.58 Å². The fourth-order valence-corrected chi connectivity index (χ4v) is 4.99. The molecule has 0 bridgehead atoms. The molecule has 0 unspecified atom stereocenters. The summed E-state index contributed by atoms with van der Waals surface area (Å²) in [6.45, 7) is 7.36. The zero-order valence-corrected chi connectivity index (χ0v) is 14.4. The molecule has 2 N–H and O–H groups in total. The molecular formula is C15H20N4OS2. The van der Waals surface area contributed by atoms with Crippen molar-refractivity contribution in [1.82, 2.24) is 15.6 Å². The van der Waals surface area contributed by atoms with Gasteiger partial charge in [-0.1, -0.05) is 18.3 Å². The maximum Gasteiger partial charge on any atom is 0.261 e. The lowest BCUT2D eigenvalue weighted by Crippen LogP contribution is -2.49. The topological polar surface area (TPSA) is 57.3 Å². The van der Waals surface area contributed by atoms with Crippen LogP contribution in [-0.2, 0) is 0 Å². The molecule has 0 radical (unpaired) electrons. The van der Waals surface area contributed by atoms with E-state index in [1.165, 1.54) is 11.3 Å². The Hall–Kier alpha value is -1.18. The Morgan fingerprint density at radius 1 is 1.45 bits per heavy atom. The molecule has 22 heavy (non-hydrogen) atoms. The van der Waals surface area contributed by atoms with E-state index in [-0.39, 0.29) is 5.91 Å². The van der Waals surface area contributed by atoms with Crippen LogP contribution in [0.25, 0.3) is 9.53 Å². The minimum absolute atomic E-state index is 0.0573. The fraction of sp³-hybridized carbons (Fsp3) is 0.600. The zero-order chi connectivity index (χ0) is 15.3. The average Bonchev–Trinajstić information content (AvgIpc) is 2.87. The van der Waals surface area contributed by atoms with Gasteiger partial charge < -0.3 is 15.5 Å². The highest BCUT2D eigenvalue weighted by molar-refractivity contribution is 7.29. The van der Waals surface area contributed by atoms with E-state index >= 15 is 0 Å². The summed E-state index contributed by atoms with van der Waals surface area (Å²) in [6, 6.07) is 2.87. The van der Waals surface area contributed by atoms with E-state index in [1.807, 2.05) is 6.07 Å². The van der Waals surface area contributed by atoms with Gasteiger partial charge >= 0.3 is 0 Å². The molecule has 2 aromatic rings. The quantitative estimate of drug-likeness (QED) is 0.903. The summed E-state index contributed by atoms with van der Waals surface area (Å²) >= 11 is 3.20. The minimum Gasteiger partial charge on any atom is -0.348 e. The lowest BCUT2D eigenvalue weighted by Gasteiger charge is -2.31. The fourth-order valence-electron chi connectivity index (χ4n) is 2.84. The second-order valence-corrected chi connectivity index (χ2v) is 8.41. The first-order chi connectivity index (χ1) is 10.6. The number of aromatic nitrogens is 1. The maximum atomic E-state index is 12.2. The number of nitrogens with zero attached hydrogens (tertiary/aromatic N) is 2. The van der Waals surface area contributed by atoms with Crippen molar-refractivity contribution in [3.05, 3.63) is 10.9 Å². The predicted octanol–water partition coefficient (Wildman–Crippen LogP) is 2.29. The summed E-state index contributed by atoms with van der Waals surface area (Å²) in [5.41, 5.74) is 0. The Balaban J connectivity index is 1.50. The molecule has 2 aliphatic rings. The Kier molecular flexibility index (Phi) is 3.58. The molecule has 3 heterocycles. The van der Waals surface area contributed by atoms with Gasteiger partial charge in [0.25, 0.3) is 5.91 Å². The molecule has 1 aliphatic carbocycles. The molecule has 4 rings (SSSR count). The number of hydrogen-bond donors (Lipinski definition) is 2. The third-order valence-corrected chi connectivity index (χ3v) is 6.59. The summed E-state index contributed by atoms with van der Waals surface area (Å²) in [6.07, 6.45) is 1.11. The molecule has 1 saturated carbocycles. The summed E-state index contributed by atoms with van der Waals surface area (Å²) in [5.74, 6) is 0.686. The van der Waals surface area contributed by atoms with E-state index in [1.54, 1.807) is 11.3 Å². The average molecular weight is 336 g/mol. The number of rotatable bonds is 3. The van der Waals surface area contributed by atoms with E-state index in [9.17, 15) is 4.79 Å². The molecular weight excluding hydrogens is 316 g/mol. The van der Waals surface area contributed by atoms with Gasteiger partial charge in [0, 0.05) is 31.7 Å². The number of carbonyl (C=O) groups is 1. The Labute approximate surface area is 137 Å². The van der Waals surface area contributed by atoms with Crippen LogP contribution in [0.2, 0.25) is 0 Å². The molecule has 1 aliphatic heterocycles. The van der Waals surface area contributed by atoms with Gasteiger partial charge in [-0.25, -0.2) is 4.98 Å². The van der Waals surface area contributed by atoms with Crippen molar-refractivity contribution in [2.45, 2.75) is 32.4 Å². The van der Waals surface area contributed by atoms with Crippen LogP contribution in [0.15, 0.2) is 6.07 Å². The standard InChI is InChI=1S/C15H20N4OS2/c1-8-5-10(8)17-13(20)11-6-12-14(21-11)18-15(22-12)19-4-3-16-9(2)7-19/h6,8-10,16H,3-5,7H2,1-2H3,(H,17,20)/t8-,9+,10-/m0/s1. The molecule has 0 aromatic carbocycles. The Morgan fingerprint density at radius 2 is 2.27 bits per heavy atom. The normalized spacial score (nSPS) is 28.1. The highest BCUT2D eigenvalue weighted by Crippen LogP contribution is 2.36. The zero-order valence-electron chi connectivity index (χ0n) is 12.8. The molecule has 5 nitrogen and oxygen atoms in total. The summed E-state index contributed by atoms with van der Waals surface area (Å²) in [7, 11) is 0. The number of nitrogens with one attached hydrogen (secondary N) is 2. The molecule has 0 spiro atoms. The van der Waals surface area contributed by atoms with Crippen molar-refractivity contribution in [1.29, 1.82) is 0 Å². The van der Waals surface area contributed by atoms with Gasteiger partial charge in [0.1, 0.15) is 4.83 Å². The number of thiophene rings is 1. The van der Waals surface area contributed by atoms with Gasteiger partial charge in [0.2, 0.25) is 0 Å². The van der Waals surface area contributed by atoms with Gasteiger partial charge in [-0.15, -0.1) is 11.3 Å². The molecule has 3 atom stereocenters. The van der Waals surface area contributed by atoms with E-state index in [0.29, 0.717) is 18.0 Å². The van der Waals surface area contributed by atoms with Gasteiger partial charge in [-0.05, 0) is 25.3 Å². The molecule has 7 heteroatoms. The van der Waals surface area contributed by atoms with Crippen LogP contribution < -0.4 is 15.5 Å². The van der Waals surface area contributed by atoms with E-state index in [0.717, 1.165) is 45.6 Å². The van der Waals surface area contributed by atoms with Gasteiger partial charge in [0.15, 0.2) is 5.13 Å². The number of carbonyl (C=O) groups excluding carboxylic acids is 1. The minimum atomic E-state index is 0.0573. The predicted molar refractivity (Wildman–Crippen MR) is 92.2 cm³/mol. The van der Waals surface area contributed by atoms with Crippen molar-refractivity contribution in [2.24, 2.45) is 5.92 Å². The van der Waals surface area contributed by atoms with Crippen LogP contribution in [0.5, 0.6) is 0 Å².